The van der Waals surface area contributed by atoms with Crippen LogP contribution in [0.1, 0.15) is 28.7 Å². The topological polar surface area (TPSA) is 87.2 Å². The van der Waals surface area contributed by atoms with Gasteiger partial charge in [-0.3, -0.25) is 4.79 Å². The Morgan fingerprint density at radius 1 is 1.29 bits per heavy atom. The molecule has 28 heavy (non-hydrogen) atoms. The van der Waals surface area contributed by atoms with Crippen molar-refractivity contribution in [2.45, 2.75) is 27.0 Å². The third-order valence-electron chi connectivity index (χ3n) is 4.34. The van der Waals surface area contributed by atoms with Crippen molar-refractivity contribution in [3.05, 3.63) is 69.1 Å². The average Bonchev–Trinajstić information content (AvgIpc) is 3.38. The van der Waals surface area contributed by atoms with Crippen LogP contribution in [0, 0.1) is 6.92 Å². The van der Waals surface area contributed by atoms with Crippen molar-refractivity contribution in [1.82, 2.24) is 14.7 Å². The minimum atomic E-state index is -0.490. The molecule has 0 bridgehead atoms. The number of nitrogens with zero attached hydrogens (tertiary/aromatic N) is 3. The molecule has 3 aromatic heterocycles. The van der Waals surface area contributed by atoms with E-state index in [0.717, 1.165) is 4.88 Å². The Bertz CT molecular complexity index is 1210. The normalized spacial score (nSPS) is 11.1. The first-order valence-electron chi connectivity index (χ1n) is 8.74. The van der Waals surface area contributed by atoms with Crippen LogP contribution in [0.3, 0.4) is 0 Å². The van der Waals surface area contributed by atoms with E-state index in [2.05, 4.69) is 10.1 Å². The maximum atomic E-state index is 12.4. The smallest absolute Gasteiger partial charge is 0.338 e. The van der Waals surface area contributed by atoms with Crippen molar-refractivity contribution < 1.29 is 14.1 Å². The summed E-state index contributed by atoms with van der Waals surface area (Å²) >= 11 is 1.54. The van der Waals surface area contributed by atoms with Gasteiger partial charge in [0.25, 0.3) is 5.56 Å². The lowest BCUT2D eigenvalue weighted by atomic mass is 10.2. The molecule has 0 aliphatic rings. The summed E-state index contributed by atoms with van der Waals surface area (Å²) in [4.78, 5) is 29.9. The van der Waals surface area contributed by atoms with Crippen LogP contribution < -0.4 is 5.56 Å². The number of fused-ring (bicyclic) bond motifs is 1. The lowest BCUT2D eigenvalue weighted by Gasteiger charge is -2.10. The third-order valence-corrected chi connectivity index (χ3v) is 5.22. The van der Waals surface area contributed by atoms with Gasteiger partial charge >= 0.3 is 5.97 Å². The number of carbonyl (C=O) groups excluding carboxylic acids is 1. The Kier molecular flexibility index (Phi) is 4.79. The van der Waals surface area contributed by atoms with E-state index in [1.54, 1.807) is 47.1 Å². The molecule has 7 nitrogen and oxygen atoms in total. The van der Waals surface area contributed by atoms with Crippen LogP contribution in [-0.2, 0) is 17.9 Å². The van der Waals surface area contributed by atoms with Gasteiger partial charge in [-0.05, 0) is 43.5 Å². The lowest BCUT2D eigenvalue weighted by molar-refractivity contribution is 0.0464. The van der Waals surface area contributed by atoms with E-state index in [1.165, 1.54) is 0 Å². The van der Waals surface area contributed by atoms with E-state index in [1.807, 2.05) is 24.4 Å². The van der Waals surface area contributed by atoms with Crippen LogP contribution in [0.15, 0.2) is 51.1 Å². The van der Waals surface area contributed by atoms with E-state index >= 15 is 0 Å². The standard InChI is InChI=1S/C20H17N3O4S/c1-3-23-16-7-6-13(9-15(16)21-12(2)19(23)24)20(25)26-11-14-10-17(27-22-14)18-5-4-8-28-18/h4-10H,3,11H2,1-2H3. The predicted octanol–water partition coefficient (Wildman–Crippen LogP) is 3.80. The fourth-order valence-corrected chi connectivity index (χ4v) is 3.63. The second-order valence-corrected chi connectivity index (χ2v) is 7.13. The summed E-state index contributed by atoms with van der Waals surface area (Å²) in [6, 6.07) is 10.6. The van der Waals surface area contributed by atoms with Gasteiger partial charge in [-0.1, -0.05) is 11.2 Å². The Hall–Kier alpha value is -3.26. The summed E-state index contributed by atoms with van der Waals surface area (Å²) in [5.74, 6) is 0.153. The molecular weight excluding hydrogens is 378 g/mol. The van der Waals surface area contributed by atoms with Crippen LogP contribution in [-0.4, -0.2) is 20.7 Å². The molecule has 0 aliphatic heterocycles. The van der Waals surface area contributed by atoms with Gasteiger partial charge in [-0.15, -0.1) is 11.3 Å². The van der Waals surface area contributed by atoms with Crippen molar-refractivity contribution >= 4 is 28.3 Å². The SMILES string of the molecule is CCn1c(=O)c(C)nc2cc(C(=O)OCc3cc(-c4cccs4)on3)ccc21. The largest absolute Gasteiger partial charge is 0.455 e. The number of benzene rings is 1. The first-order valence-corrected chi connectivity index (χ1v) is 9.62. The maximum Gasteiger partial charge on any atom is 0.338 e. The van der Waals surface area contributed by atoms with Gasteiger partial charge in [-0.25, -0.2) is 9.78 Å². The van der Waals surface area contributed by atoms with Crippen molar-refractivity contribution in [3.8, 4) is 10.6 Å². The molecule has 4 rings (SSSR count). The van der Waals surface area contributed by atoms with Gasteiger partial charge in [0.2, 0.25) is 0 Å². The van der Waals surface area contributed by atoms with Gasteiger partial charge in [0.05, 0.1) is 21.5 Å². The van der Waals surface area contributed by atoms with E-state index in [-0.39, 0.29) is 12.2 Å². The summed E-state index contributed by atoms with van der Waals surface area (Å²) in [6.07, 6.45) is 0. The zero-order chi connectivity index (χ0) is 19.7. The second-order valence-electron chi connectivity index (χ2n) is 6.19. The number of carbonyl (C=O) groups is 1. The maximum absolute atomic E-state index is 12.4. The quantitative estimate of drug-likeness (QED) is 0.478. The molecule has 0 aliphatic carbocycles. The van der Waals surface area contributed by atoms with Crippen LogP contribution in [0.4, 0.5) is 0 Å². The van der Waals surface area contributed by atoms with E-state index in [0.29, 0.717) is 40.3 Å². The minimum Gasteiger partial charge on any atom is -0.455 e. The Balaban J connectivity index is 1.53. The highest BCUT2D eigenvalue weighted by Gasteiger charge is 2.14. The van der Waals surface area contributed by atoms with E-state index in [9.17, 15) is 9.59 Å². The zero-order valence-electron chi connectivity index (χ0n) is 15.3. The molecule has 0 fully saturated rings. The molecule has 1 aromatic carbocycles. The molecule has 8 heteroatoms. The van der Waals surface area contributed by atoms with Crippen molar-refractivity contribution in [2.24, 2.45) is 0 Å². The summed E-state index contributed by atoms with van der Waals surface area (Å²) in [6.45, 7) is 4.09. The van der Waals surface area contributed by atoms with Crippen molar-refractivity contribution in [2.75, 3.05) is 0 Å². The molecule has 0 saturated carbocycles. The number of ether oxygens (including phenoxy) is 1. The highest BCUT2D eigenvalue weighted by atomic mass is 32.1. The molecule has 0 unspecified atom stereocenters. The van der Waals surface area contributed by atoms with Gasteiger partial charge in [-0.2, -0.15) is 0 Å². The molecule has 4 aromatic rings. The summed E-state index contributed by atoms with van der Waals surface area (Å²) in [5.41, 5.74) is 2.43. The van der Waals surface area contributed by atoms with E-state index in [4.69, 9.17) is 9.26 Å². The molecule has 3 heterocycles. The number of aromatic nitrogens is 3. The van der Waals surface area contributed by atoms with Gasteiger partial charge in [0, 0.05) is 12.6 Å². The van der Waals surface area contributed by atoms with Crippen molar-refractivity contribution in [3.63, 3.8) is 0 Å². The number of rotatable bonds is 5. The predicted molar refractivity (Wildman–Crippen MR) is 105 cm³/mol. The molecule has 0 saturated heterocycles. The number of hydrogen-bond donors (Lipinski definition) is 0. The van der Waals surface area contributed by atoms with Crippen LogP contribution in [0.2, 0.25) is 0 Å². The third kappa shape index (κ3) is 3.34. The Morgan fingerprint density at radius 2 is 2.14 bits per heavy atom. The number of aryl methyl sites for hydroxylation is 2. The summed E-state index contributed by atoms with van der Waals surface area (Å²) in [7, 11) is 0. The number of thiophene rings is 1. The lowest BCUT2D eigenvalue weighted by Crippen LogP contribution is -2.23. The summed E-state index contributed by atoms with van der Waals surface area (Å²) in [5, 5.41) is 5.89. The number of esters is 1. The fourth-order valence-electron chi connectivity index (χ4n) is 2.95. The Labute approximate surface area is 164 Å². The van der Waals surface area contributed by atoms with Gasteiger partial charge < -0.3 is 13.8 Å². The highest BCUT2D eigenvalue weighted by Crippen LogP contribution is 2.25. The van der Waals surface area contributed by atoms with Gasteiger partial charge in [0.1, 0.15) is 18.0 Å². The molecule has 0 atom stereocenters. The molecule has 0 radical (unpaired) electrons. The Morgan fingerprint density at radius 3 is 2.89 bits per heavy atom. The first kappa shape index (κ1) is 18.1. The monoisotopic (exact) mass is 395 g/mol. The van der Waals surface area contributed by atoms with Crippen LogP contribution in [0.5, 0.6) is 0 Å². The highest BCUT2D eigenvalue weighted by molar-refractivity contribution is 7.13. The fraction of sp³-hybridized carbons (Fsp3) is 0.200. The first-order chi connectivity index (χ1) is 13.6. The minimum absolute atomic E-state index is 0.00661. The summed E-state index contributed by atoms with van der Waals surface area (Å²) < 4.78 is 12.3. The van der Waals surface area contributed by atoms with Crippen LogP contribution in [0.25, 0.3) is 21.7 Å². The molecule has 0 amide bonds. The van der Waals surface area contributed by atoms with Crippen LogP contribution >= 0.6 is 11.3 Å². The number of hydrogen-bond acceptors (Lipinski definition) is 7. The average molecular weight is 395 g/mol. The second kappa shape index (κ2) is 7.40. The molecule has 0 spiro atoms. The molecular formula is C20H17N3O4S. The molecule has 0 N–H and O–H groups in total. The molecule has 142 valence electrons. The van der Waals surface area contributed by atoms with Crippen molar-refractivity contribution in [1.29, 1.82) is 0 Å². The van der Waals surface area contributed by atoms with E-state index < -0.39 is 5.97 Å². The zero-order valence-corrected chi connectivity index (χ0v) is 16.2. The van der Waals surface area contributed by atoms with Gasteiger partial charge in [0.15, 0.2) is 5.76 Å².